The zero-order chi connectivity index (χ0) is 22.6. The second-order valence-corrected chi connectivity index (χ2v) is 8.96. The summed E-state index contributed by atoms with van der Waals surface area (Å²) in [6.07, 6.45) is 6.42. The summed E-state index contributed by atoms with van der Waals surface area (Å²) < 4.78 is 7.43. The molecule has 0 saturated heterocycles. The lowest BCUT2D eigenvalue weighted by Crippen LogP contribution is -2.58. The normalized spacial score (nSPS) is 20.7. The number of carbonyl (C=O) groups is 1. The first kappa shape index (κ1) is 19.8. The molecule has 0 atom stereocenters. The van der Waals surface area contributed by atoms with E-state index in [4.69, 9.17) is 14.8 Å². The standard InChI is InChI=1S/C25H24N6O2/c1-3-31-13-17(20(30-31)16-7-5-4-6-8-16)21-22-18(26-14-27-21)9-19(33-2)23(28-22)29-24(32)25-10-15(11-25)12-25/h4-9,13-15H,3,10-12H2,1-2H3,(H,28,29,32). The quantitative estimate of drug-likeness (QED) is 0.480. The van der Waals surface area contributed by atoms with E-state index in [1.54, 1.807) is 13.2 Å². The van der Waals surface area contributed by atoms with Crippen LogP contribution in [-0.4, -0.2) is 37.7 Å². The first-order chi connectivity index (χ1) is 16.1. The number of methoxy groups -OCH3 is 1. The Hall–Kier alpha value is -3.81. The van der Waals surface area contributed by atoms with E-state index in [0.29, 0.717) is 34.2 Å². The summed E-state index contributed by atoms with van der Waals surface area (Å²) in [7, 11) is 1.57. The van der Waals surface area contributed by atoms with Crippen LogP contribution in [0.3, 0.4) is 0 Å². The molecule has 8 heteroatoms. The van der Waals surface area contributed by atoms with Crippen molar-refractivity contribution in [3.05, 3.63) is 48.9 Å². The first-order valence-electron chi connectivity index (χ1n) is 11.2. The number of aryl methyl sites for hydroxylation is 1. The summed E-state index contributed by atoms with van der Waals surface area (Å²) >= 11 is 0. The SMILES string of the molecule is CCn1cc(-c2ncnc3cc(OC)c(NC(=O)C45CC(C4)C5)nc23)c(-c2ccccc2)n1. The van der Waals surface area contributed by atoms with Gasteiger partial charge in [-0.15, -0.1) is 0 Å². The number of hydrogen-bond acceptors (Lipinski definition) is 6. The van der Waals surface area contributed by atoms with Crippen molar-refractivity contribution in [2.75, 3.05) is 12.4 Å². The van der Waals surface area contributed by atoms with Gasteiger partial charge in [-0.25, -0.2) is 15.0 Å². The lowest BCUT2D eigenvalue weighted by molar-refractivity contribution is -0.158. The van der Waals surface area contributed by atoms with Gasteiger partial charge in [0.1, 0.15) is 23.2 Å². The maximum Gasteiger partial charge on any atom is 0.231 e. The second kappa shape index (κ2) is 7.37. The van der Waals surface area contributed by atoms with Gasteiger partial charge in [0.25, 0.3) is 0 Å². The van der Waals surface area contributed by atoms with Crippen LogP contribution < -0.4 is 10.1 Å². The predicted octanol–water partition coefficient (Wildman–Crippen LogP) is 4.32. The van der Waals surface area contributed by atoms with E-state index in [1.807, 2.05) is 48.1 Å². The molecular formula is C25H24N6O2. The van der Waals surface area contributed by atoms with Crippen molar-refractivity contribution in [3.8, 4) is 28.3 Å². The van der Waals surface area contributed by atoms with Crippen molar-refractivity contribution in [3.63, 3.8) is 0 Å². The van der Waals surface area contributed by atoms with Gasteiger partial charge in [-0.05, 0) is 32.1 Å². The molecule has 1 amide bonds. The number of ether oxygens (including phenoxy) is 1. The number of amides is 1. The molecule has 3 heterocycles. The van der Waals surface area contributed by atoms with E-state index >= 15 is 0 Å². The number of nitrogens with one attached hydrogen (secondary N) is 1. The highest BCUT2D eigenvalue weighted by atomic mass is 16.5. The molecule has 0 aliphatic heterocycles. The van der Waals surface area contributed by atoms with Crippen LogP contribution in [0.5, 0.6) is 5.75 Å². The van der Waals surface area contributed by atoms with Crippen LogP contribution in [0.2, 0.25) is 0 Å². The Balaban J connectivity index is 1.49. The van der Waals surface area contributed by atoms with Crippen LogP contribution in [0.4, 0.5) is 5.82 Å². The number of aromatic nitrogens is 5. The zero-order valence-electron chi connectivity index (χ0n) is 18.6. The average molecular weight is 441 g/mol. The third-order valence-corrected chi connectivity index (χ3v) is 6.94. The van der Waals surface area contributed by atoms with E-state index in [-0.39, 0.29) is 11.3 Å². The summed E-state index contributed by atoms with van der Waals surface area (Å²) in [5.41, 5.74) is 4.38. The maximum atomic E-state index is 12.9. The zero-order valence-corrected chi connectivity index (χ0v) is 18.6. The lowest BCUT2D eigenvalue weighted by atomic mass is 9.44. The van der Waals surface area contributed by atoms with Crippen molar-refractivity contribution in [1.29, 1.82) is 0 Å². The van der Waals surface area contributed by atoms with Crippen molar-refractivity contribution < 1.29 is 9.53 Å². The molecule has 1 N–H and O–H groups in total. The molecular weight excluding hydrogens is 416 g/mol. The molecule has 3 aromatic heterocycles. The van der Waals surface area contributed by atoms with Crippen LogP contribution >= 0.6 is 0 Å². The highest BCUT2D eigenvalue weighted by molar-refractivity contribution is 6.00. The van der Waals surface area contributed by atoms with Crippen molar-refractivity contribution >= 4 is 22.8 Å². The third kappa shape index (κ3) is 3.08. The van der Waals surface area contributed by atoms with E-state index < -0.39 is 0 Å². The molecule has 4 aromatic rings. The van der Waals surface area contributed by atoms with E-state index in [9.17, 15) is 4.79 Å². The number of benzene rings is 1. The average Bonchev–Trinajstić information content (AvgIpc) is 3.21. The molecule has 3 aliphatic carbocycles. The monoisotopic (exact) mass is 440 g/mol. The fourth-order valence-electron chi connectivity index (χ4n) is 4.97. The molecule has 1 aromatic carbocycles. The van der Waals surface area contributed by atoms with Crippen LogP contribution in [0.1, 0.15) is 26.2 Å². The summed E-state index contributed by atoms with van der Waals surface area (Å²) in [5, 5.41) is 7.80. The number of fused-ring (bicyclic) bond motifs is 1. The van der Waals surface area contributed by atoms with Crippen LogP contribution in [0, 0.1) is 11.3 Å². The van der Waals surface area contributed by atoms with Gasteiger partial charge >= 0.3 is 0 Å². The number of hydrogen-bond donors (Lipinski definition) is 1. The minimum atomic E-state index is -0.217. The van der Waals surface area contributed by atoms with Crippen molar-refractivity contribution in [2.45, 2.75) is 32.7 Å². The van der Waals surface area contributed by atoms with Gasteiger partial charge in [0.2, 0.25) is 5.91 Å². The highest BCUT2D eigenvalue weighted by Gasteiger charge is 2.61. The fraction of sp³-hybridized carbons (Fsp3) is 0.320. The summed E-state index contributed by atoms with van der Waals surface area (Å²) in [6.45, 7) is 2.78. The molecule has 8 nitrogen and oxygen atoms in total. The topological polar surface area (TPSA) is 94.8 Å². The Morgan fingerprint density at radius 3 is 2.64 bits per heavy atom. The molecule has 3 fully saturated rings. The van der Waals surface area contributed by atoms with E-state index in [2.05, 4.69) is 15.3 Å². The highest BCUT2D eigenvalue weighted by Crippen LogP contribution is 2.64. The molecule has 3 aliphatic rings. The Morgan fingerprint density at radius 2 is 1.97 bits per heavy atom. The largest absolute Gasteiger partial charge is 0.493 e. The number of carbonyl (C=O) groups excluding carboxylic acids is 1. The molecule has 7 rings (SSSR count). The molecule has 33 heavy (non-hydrogen) atoms. The van der Waals surface area contributed by atoms with Gasteiger partial charge in [-0.1, -0.05) is 30.3 Å². The van der Waals surface area contributed by atoms with Crippen molar-refractivity contribution in [1.82, 2.24) is 24.7 Å². The van der Waals surface area contributed by atoms with Crippen molar-refractivity contribution in [2.24, 2.45) is 11.3 Å². The van der Waals surface area contributed by atoms with Gasteiger partial charge in [0.05, 0.1) is 18.0 Å². The number of nitrogens with zero attached hydrogens (tertiary/aromatic N) is 5. The fourth-order valence-corrected chi connectivity index (χ4v) is 4.97. The lowest BCUT2D eigenvalue weighted by Gasteiger charge is -2.59. The predicted molar refractivity (Wildman–Crippen MR) is 125 cm³/mol. The van der Waals surface area contributed by atoms with Crippen LogP contribution in [0.25, 0.3) is 33.5 Å². The van der Waals surface area contributed by atoms with Gasteiger partial charge in [0, 0.05) is 29.9 Å². The smallest absolute Gasteiger partial charge is 0.231 e. The number of rotatable bonds is 6. The minimum Gasteiger partial charge on any atom is -0.493 e. The van der Waals surface area contributed by atoms with E-state index in [1.165, 1.54) is 6.33 Å². The van der Waals surface area contributed by atoms with E-state index in [0.717, 1.165) is 42.6 Å². The second-order valence-electron chi connectivity index (χ2n) is 8.96. The molecule has 0 unspecified atom stereocenters. The summed E-state index contributed by atoms with van der Waals surface area (Å²) in [6, 6.07) is 11.8. The summed E-state index contributed by atoms with van der Waals surface area (Å²) in [4.78, 5) is 26.8. The number of pyridine rings is 1. The molecule has 0 spiro atoms. The van der Waals surface area contributed by atoms with Gasteiger partial charge in [-0.3, -0.25) is 9.48 Å². The molecule has 2 bridgehead atoms. The third-order valence-electron chi connectivity index (χ3n) is 6.94. The molecule has 166 valence electrons. The van der Waals surface area contributed by atoms with Gasteiger partial charge < -0.3 is 10.1 Å². The maximum absolute atomic E-state index is 12.9. The van der Waals surface area contributed by atoms with Crippen LogP contribution in [0.15, 0.2) is 48.9 Å². The summed E-state index contributed by atoms with van der Waals surface area (Å²) in [5.74, 6) is 1.63. The van der Waals surface area contributed by atoms with Gasteiger partial charge in [0.15, 0.2) is 11.6 Å². The van der Waals surface area contributed by atoms with Gasteiger partial charge in [-0.2, -0.15) is 5.10 Å². The van der Waals surface area contributed by atoms with Crippen LogP contribution in [-0.2, 0) is 11.3 Å². The Kier molecular flexibility index (Phi) is 4.43. The molecule has 3 saturated carbocycles. The Labute approximate surface area is 191 Å². The Bertz CT molecular complexity index is 1360. The minimum absolute atomic E-state index is 0.0253. The molecule has 0 radical (unpaired) electrons. The number of anilines is 1. The first-order valence-corrected chi connectivity index (χ1v) is 11.2. The Morgan fingerprint density at radius 1 is 1.18 bits per heavy atom.